The minimum atomic E-state index is -0.589. The number of carbonyl (C=O) groups is 1. The van der Waals surface area contributed by atoms with Crippen molar-refractivity contribution >= 4 is 5.97 Å². The third-order valence-corrected chi connectivity index (χ3v) is 2.25. The average molecular weight is 203 g/mol. The van der Waals surface area contributed by atoms with Gasteiger partial charge in [-0.3, -0.25) is 10.1 Å². The zero-order chi connectivity index (χ0) is 11.0. The van der Waals surface area contributed by atoms with Crippen molar-refractivity contribution in [1.29, 1.82) is 0 Å². The second-order valence-corrected chi connectivity index (χ2v) is 3.33. The summed E-state index contributed by atoms with van der Waals surface area (Å²) in [6.45, 7) is 7.27. The molecule has 0 aromatic rings. The summed E-state index contributed by atoms with van der Waals surface area (Å²) in [4.78, 5) is 11.6. The third kappa shape index (κ3) is 4.07. The predicted octanol–water partition coefficient (Wildman–Crippen LogP) is 0.954. The number of hydrogen-bond acceptors (Lipinski definition) is 4. The SMILES string of the molecule is CCOC(=O)C(C)(CC)NCCOC. The zero-order valence-corrected chi connectivity index (χ0v) is 9.55. The van der Waals surface area contributed by atoms with Gasteiger partial charge < -0.3 is 9.47 Å². The smallest absolute Gasteiger partial charge is 0.326 e. The van der Waals surface area contributed by atoms with Gasteiger partial charge in [-0.2, -0.15) is 0 Å². The molecule has 0 aromatic carbocycles. The normalized spacial score (nSPS) is 14.9. The Labute approximate surface area is 86.0 Å². The van der Waals surface area contributed by atoms with E-state index in [0.29, 0.717) is 26.2 Å². The lowest BCUT2D eigenvalue weighted by Gasteiger charge is -2.26. The quantitative estimate of drug-likeness (QED) is 0.494. The van der Waals surface area contributed by atoms with Gasteiger partial charge in [0.15, 0.2) is 0 Å². The number of methoxy groups -OCH3 is 1. The van der Waals surface area contributed by atoms with Crippen molar-refractivity contribution in [1.82, 2.24) is 5.32 Å². The Morgan fingerprint density at radius 2 is 2.07 bits per heavy atom. The summed E-state index contributed by atoms with van der Waals surface area (Å²) in [6, 6.07) is 0. The molecule has 0 heterocycles. The van der Waals surface area contributed by atoms with Crippen LogP contribution in [0.2, 0.25) is 0 Å². The molecule has 0 saturated heterocycles. The monoisotopic (exact) mass is 203 g/mol. The molecular formula is C10H21NO3. The molecular weight excluding hydrogens is 182 g/mol. The molecule has 0 aliphatic rings. The van der Waals surface area contributed by atoms with Crippen LogP contribution in [0.4, 0.5) is 0 Å². The Balaban J connectivity index is 4.09. The summed E-state index contributed by atoms with van der Waals surface area (Å²) in [5, 5.41) is 3.13. The predicted molar refractivity (Wildman–Crippen MR) is 55.2 cm³/mol. The topological polar surface area (TPSA) is 47.6 Å². The van der Waals surface area contributed by atoms with Crippen LogP contribution in [0, 0.1) is 0 Å². The molecule has 0 aliphatic carbocycles. The highest BCUT2D eigenvalue weighted by atomic mass is 16.5. The second kappa shape index (κ2) is 6.79. The molecule has 0 radical (unpaired) electrons. The maximum atomic E-state index is 11.6. The standard InChI is InChI=1S/C10H21NO3/c1-5-10(3,9(12)14-6-2)11-7-8-13-4/h11H,5-8H2,1-4H3. The van der Waals surface area contributed by atoms with E-state index in [0.717, 1.165) is 0 Å². The van der Waals surface area contributed by atoms with E-state index < -0.39 is 5.54 Å². The lowest BCUT2D eigenvalue weighted by Crippen LogP contribution is -2.51. The molecule has 0 aromatic heterocycles. The largest absolute Gasteiger partial charge is 0.465 e. The van der Waals surface area contributed by atoms with Crippen molar-refractivity contribution in [2.24, 2.45) is 0 Å². The van der Waals surface area contributed by atoms with Gasteiger partial charge in [-0.15, -0.1) is 0 Å². The maximum Gasteiger partial charge on any atom is 0.326 e. The van der Waals surface area contributed by atoms with E-state index in [9.17, 15) is 4.79 Å². The molecule has 84 valence electrons. The fourth-order valence-electron chi connectivity index (χ4n) is 1.06. The van der Waals surface area contributed by atoms with Crippen LogP contribution in [0.25, 0.3) is 0 Å². The van der Waals surface area contributed by atoms with Crippen molar-refractivity contribution < 1.29 is 14.3 Å². The summed E-state index contributed by atoms with van der Waals surface area (Å²) in [5.41, 5.74) is -0.589. The molecule has 0 fully saturated rings. The molecule has 1 unspecified atom stereocenters. The van der Waals surface area contributed by atoms with Crippen LogP contribution in [0.3, 0.4) is 0 Å². The molecule has 0 aliphatic heterocycles. The van der Waals surface area contributed by atoms with Crippen LogP contribution >= 0.6 is 0 Å². The first-order valence-electron chi connectivity index (χ1n) is 5.02. The van der Waals surface area contributed by atoms with Gasteiger partial charge in [-0.05, 0) is 20.3 Å². The van der Waals surface area contributed by atoms with Gasteiger partial charge in [0.1, 0.15) is 5.54 Å². The zero-order valence-electron chi connectivity index (χ0n) is 9.55. The van der Waals surface area contributed by atoms with Crippen molar-refractivity contribution in [3.05, 3.63) is 0 Å². The first kappa shape index (κ1) is 13.4. The van der Waals surface area contributed by atoms with E-state index in [-0.39, 0.29) is 5.97 Å². The van der Waals surface area contributed by atoms with Gasteiger partial charge in [0.25, 0.3) is 0 Å². The summed E-state index contributed by atoms with van der Waals surface area (Å²) in [5.74, 6) is -0.196. The molecule has 1 N–H and O–H groups in total. The van der Waals surface area contributed by atoms with E-state index in [4.69, 9.17) is 9.47 Å². The second-order valence-electron chi connectivity index (χ2n) is 3.33. The van der Waals surface area contributed by atoms with Crippen molar-refractivity contribution in [2.45, 2.75) is 32.7 Å². The minimum Gasteiger partial charge on any atom is -0.465 e. The molecule has 0 amide bonds. The summed E-state index contributed by atoms with van der Waals surface area (Å²) in [7, 11) is 1.63. The van der Waals surface area contributed by atoms with Crippen molar-refractivity contribution in [3.63, 3.8) is 0 Å². The summed E-state index contributed by atoms with van der Waals surface area (Å²) >= 11 is 0. The van der Waals surface area contributed by atoms with Crippen LogP contribution in [-0.4, -0.2) is 38.4 Å². The Morgan fingerprint density at radius 1 is 1.43 bits per heavy atom. The van der Waals surface area contributed by atoms with Gasteiger partial charge in [0.05, 0.1) is 13.2 Å². The molecule has 4 heteroatoms. The molecule has 14 heavy (non-hydrogen) atoms. The highest BCUT2D eigenvalue weighted by Crippen LogP contribution is 2.11. The van der Waals surface area contributed by atoms with Gasteiger partial charge in [0, 0.05) is 13.7 Å². The number of esters is 1. The van der Waals surface area contributed by atoms with E-state index >= 15 is 0 Å². The first-order chi connectivity index (χ1) is 6.60. The van der Waals surface area contributed by atoms with Gasteiger partial charge >= 0.3 is 5.97 Å². The molecule has 0 bridgehead atoms. The van der Waals surface area contributed by atoms with Crippen LogP contribution in [0.1, 0.15) is 27.2 Å². The molecule has 1 atom stereocenters. The first-order valence-corrected chi connectivity index (χ1v) is 5.02. The number of hydrogen-bond donors (Lipinski definition) is 1. The molecule has 0 saturated carbocycles. The number of ether oxygens (including phenoxy) is 2. The Bertz CT molecular complexity index is 173. The van der Waals surface area contributed by atoms with E-state index in [2.05, 4.69) is 5.32 Å². The molecule has 0 spiro atoms. The van der Waals surface area contributed by atoms with Crippen LogP contribution in [0.15, 0.2) is 0 Å². The van der Waals surface area contributed by atoms with Crippen LogP contribution in [0.5, 0.6) is 0 Å². The Kier molecular flexibility index (Phi) is 6.49. The van der Waals surface area contributed by atoms with Crippen LogP contribution in [-0.2, 0) is 14.3 Å². The van der Waals surface area contributed by atoms with E-state index in [1.165, 1.54) is 0 Å². The lowest BCUT2D eigenvalue weighted by atomic mass is 9.99. The Hall–Kier alpha value is -0.610. The highest BCUT2D eigenvalue weighted by Gasteiger charge is 2.31. The van der Waals surface area contributed by atoms with Gasteiger partial charge in [-0.25, -0.2) is 0 Å². The molecule has 4 nitrogen and oxygen atoms in total. The van der Waals surface area contributed by atoms with Crippen molar-refractivity contribution in [2.75, 3.05) is 26.9 Å². The third-order valence-electron chi connectivity index (χ3n) is 2.25. The van der Waals surface area contributed by atoms with Crippen molar-refractivity contribution in [3.8, 4) is 0 Å². The molecule has 0 rings (SSSR count). The number of nitrogens with one attached hydrogen (secondary N) is 1. The fourth-order valence-corrected chi connectivity index (χ4v) is 1.06. The number of rotatable bonds is 7. The van der Waals surface area contributed by atoms with Gasteiger partial charge in [-0.1, -0.05) is 6.92 Å². The minimum absolute atomic E-state index is 0.196. The van der Waals surface area contributed by atoms with Gasteiger partial charge in [0.2, 0.25) is 0 Å². The maximum absolute atomic E-state index is 11.6. The van der Waals surface area contributed by atoms with Crippen LogP contribution < -0.4 is 5.32 Å². The average Bonchev–Trinajstić information content (AvgIpc) is 2.18. The summed E-state index contributed by atoms with van der Waals surface area (Å²) < 4.78 is 9.89. The Morgan fingerprint density at radius 3 is 2.50 bits per heavy atom. The lowest BCUT2D eigenvalue weighted by molar-refractivity contribution is -0.150. The van der Waals surface area contributed by atoms with E-state index in [1.807, 2.05) is 20.8 Å². The van der Waals surface area contributed by atoms with E-state index in [1.54, 1.807) is 7.11 Å². The number of carbonyl (C=O) groups excluding carboxylic acids is 1. The summed E-state index contributed by atoms with van der Waals surface area (Å²) in [6.07, 6.45) is 0.704. The highest BCUT2D eigenvalue weighted by molar-refractivity contribution is 5.80. The fraction of sp³-hybridized carbons (Fsp3) is 0.900.